The smallest absolute Gasteiger partial charge is 0.258 e. The molecule has 0 aromatic heterocycles. The first-order valence-electron chi connectivity index (χ1n) is 9.51. The lowest BCUT2D eigenvalue weighted by atomic mass is 10.1. The lowest BCUT2D eigenvalue weighted by Gasteiger charge is -2.25. The molecule has 29 heavy (non-hydrogen) atoms. The van der Waals surface area contributed by atoms with E-state index in [0.717, 1.165) is 5.56 Å². The SMILES string of the molecule is CC(C)Oc1ccccc1CN(C(=O)CF)c1ccccc1Oc1ccccc1. The minimum atomic E-state index is -1.10. The first-order chi connectivity index (χ1) is 14.1. The number of hydrogen-bond acceptors (Lipinski definition) is 3. The highest BCUT2D eigenvalue weighted by Crippen LogP contribution is 2.34. The van der Waals surface area contributed by atoms with Gasteiger partial charge < -0.3 is 14.4 Å². The van der Waals surface area contributed by atoms with E-state index in [4.69, 9.17) is 9.47 Å². The maximum absolute atomic E-state index is 13.4. The summed E-state index contributed by atoms with van der Waals surface area (Å²) < 4.78 is 25.3. The van der Waals surface area contributed by atoms with Gasteiger partial charge in [-0.1, -0.05) is 48.5 Å². The van der Waals surface area contributed by atoms with E-state index < -0.39 is 12.6 Å². The predicted octanol–water partition coefficient (Wildman–Crippen LogP) is 5.77. The van der Waals surface area contributed by atoms with E-state index in [-0.39, 0.29) is 12.6 Å². The molecule has 0 aliphatic rings. The number of alkyl halides is 1. The predicted molar refractivity (Wildman–Crippen MR) is 112 cm³/mol. The summed E-state index contributed by atoms with van der Waals surface area (Å²) in [6.07, 6.45) is -0.0184. The lowest BCUT2D eigenvalue weighted by molar-refractivity contribution is -0.119. The molecule has 3 aromatic carbocycles. The molecule has 0 fully saturated rings. The third kappa shape index (κ3) is 5.35. The Kier molecular flexibility index (Phi) is 6.85. The largest absolute Gasteiger partial charge is 0.491 e. The van der Waals surface area contributed by atoms with Crippen molar-refractivity contribution in [1.29, 1.82) is 0 Å². The molecule has 0 unspecified atom stereocenters. The van der Waals surface area contributed by atoms with E-state index in [1.807, 2.05) is 74.5 Å². The second kappa shape index (κ2) is 9.73. The van der Waals surface area contributed by atoms with E-state index in [1.165, 1.54) is 4.90 Å². The average Bonchev–Trinajstić information content (AvgIpc) is 2.73. The molecule has 5 heteroatoms. The molecule has 0 bridgehead atoms. The highest BCUT2D eigenvalue weighted by atomic mass is 19.1. The average molecular weight is 393 g/mol. The first kappa shape index (κ1) is 20.4. The molecule has 0 heterocycles. The fourth-order valence-electron chi connectivity index (χ4n) is 2.94. The molecular formula is C24H24FNO3. The number of carbonyl (C=O) groups is 1. The van der Waals surface area contributed by atoms with Gasteiger partial charge in [-0.15, -0.1) is 0 Å². The van der Waals surface area contributed by atoms with Crippen molar-refractivity contribution in [3.63, 3.8) is 0 Å². The monoisotopic (exact) mass is 393 g/mol. The molecule has 0 radical (unpaired) electrons. The summed E-state index contributed by atoms with van der Waals surface area (Å²) in [6, 6.07) is 23.8. The first-order valence-corrected chi connectivity index (χ1v) is 9.51. The van der Waals surface area contributed by atoms with Crippen LogP contribution in [0.1, 0.15) is 19.4 Å². The Bertz CT molecular complexity index is 944. The second-order valence-corrected chi connectivity index (χ2v) is 6.77. The number of ether oxygens (including phenoxy) is 2. The zero-order valence-corrected chi connectivity index (χ0v) is 16.5. The molecule has 0 spiro atoms. The van der Waals surface area contributed by atoms with Gasteiger partial charge in [-0.25, -0.2) is 4.39 Å². The van der Waals surface area contributed by atoms with Crippen LogP contribution in [0.15, 0.2) is 78.9 Å². The van der Waals surface area contributed by atoms with Crippen molar-refractivity contribution < 1.29 is 18.7 Å². The van der Waals surface area contributed by atoms with Crippen LogP contribution in [0.2, 0.25) is 0 Å². The van der Waals surface area contributed by atoms with Crippen molar-refractivity contribution in [1.82, 2.24) is 0 Å². The van der Waals surface area contributed by atoms with Gasteiger partial charge in [-0.05, 0) is 44.2 Å². The molecule has 0 aliphatic heterocycles. The van der Waals surface area contributed by atoms with Crippen molar-refractivity contribution in [2.45, 2.75) is 26.5 Å². The fourth-order valence-corrected chi connectivity index (χ4v) is 2.94. The van der Waals surface area contributed by atoms with Crippen LogP contribution in [-0.2, 0) is 11.3 Å². The van der Waals surface area contributed by atoms with E-state index in [2.05, 4.69) is 0 Å². The standard InChI is InChI=1S/C24H24FNO3/c1-18(2)28-22-14-8-6-10-19(22)17-26(24(27)16-25)21-13-7-9-15-23(21)29-20-11-4-3-5-12-20/h3-15,18H,16-17H2,1-2H3. The van der Waals surface area contributed by atoms with Gasteiger partial charge in [0.15, 0.2) is 12.4 Å². The molecule has 3 aromatic rings. The third-order valence-electron chi connectivity index (χ3n) is 4.21. The number of anilines is 1. The van der Waals surface area contributed by atoms with Gasteiger partial charge in [0.25, 0.3) is 5.91 Å². The highest BCUT2D eigenvalue weighted by Gasteiger charge is 2.21. The van der Waals surface area contributed by atoms with Gasteiger partial charge in [0.05, 0.1) is 18.3 Å². The van der Waals surface area contributed by atoms with Gasteiger partial charge in [0.2, 0.25) is 0 Å². The maximum Gasteiger partial charge on any atom is 0.258 e. The topological polar surface area (TPSA) is 38.8 Å². The lowest BCUT2D eigenvalue weighted by Crippen LogP contribution is -2.32. The molecule has 3 rings (SSSR count). The van der Waals surface area contributed by atoms with E-state index >= 15 is 0 Å². The normalized spacial score (nSPS) is 10.6. The minimum Gasteiger partial charge on any atom is -0.491 e. The van der Waals surface area contributed by atoms with Crippen molar-refractivity contribution in [2.24, 2.45) is 0 Å². The van der Waals surface area contributed by atoms with E-state index in [0.29, 0.717) is 22.9 Å². The van der Waals surface area contributed by atoms with Gasteiger partial charge in [0, 0.05) is 5.56 Å². The maximum atomic E-state index is 13.4. The molecule has 0 saturated heterocycles. The Morgan fingerprint density at radius 1 is 0.897 bits per heavy atom. The number of amides is 1. The summed E-state index contributed by atoms with van der Waals surface area (Å²) in [5.41, 5.74) is 1.29. The van der Waals surface area contributed by atoms with Crippen molar-refractivity contribution in [3.8, 4) is 17.2 Å². The van der Waals surface area contributed by atoms with E-state index in [1.54, 1.807) is 18.2 Å². The minimum absolute atomic E-state index is 0.0184. The van der Waals surface area contributed by atoms with Gasteiger partial charge >= 0.3 is 0 Å². The summed E-state index contributed by atoms with van der Waals surface area (Å²) in [4.78, 5) is 13.9. The Hall–Kier alpha value is -3.34. The van der Waals surface area contributed by atoms with Gasteiger partial charge in [-0.3, -0.25) is 4.79 Å². The summed E-state index contributed by atoms with van der Waals surface area (Å²) in [6.45, 7) is 2.93. The summed E-state index contributed by atoms with van der Waals surface area (Å²) in [5, 5.41) is 0. The molecule has 0 N–H and O–H groups in total. The number of rotatable bonds is 8. The molecule has 1 amide bonds. The number of halogens is 1. The summed E-state index contributed by atoms with van der Waals surface area (Å²) in [5.74, 6) is 1.13. The zero-order chi connectivity index (χ0) is 20.6. The van der Waals surface area contributed by atoms with Crippen LogP contribution in [-0.4, -0.2) is 18.7 Å². The molecule has 0 aliphatic carbocycles. The molecular weight excluding hydrogens is 369 g/mol. The van der Waals surface area contributed by atoms with Crippen LogP contribution in [0.25, 0.3) is 0 Å². The van der Waals surface area contributed by atoms with Crippen LogP contribution in [0.4, 0.5) is 10.1 Å². The Morgan fingerprint density at radius 2 is 1.52 bits per heavy atom. The second-order valence-electron chi connectivity index (χ2n) is 6.77. The van der Waals surface area contributed by atoms with Crippen molar-refractivity contribution in [2.75, 3.05) is 11.6 Å². The number of hydrogen-bond donors (Lipinski definition) is 0. The van der Waals surface area contributed by atoms with E-state index in [9.17, 15) is 9.18 Å². The van der Waals surface area contributed by atoms with Gasteiger partial charge in [-0.2, -0.15) is 0 Å². The Balaban J connectivity index is 1.96. The van der Waals surface area contributed by atoms with Crippen LogP contribution < -0.4 is 14.4 Å². The number of carbonyl (C=O) groups excluding carboxylic acids is 1. The van der Waals surface area contributed by atoms with Gasteiger partial charge in [0.1, 0.15) is 11.5 Å². The highest BCUT2D eigenvalue weighted by molar-refractivity contribution is 5.95. The molecule has 150 valence electrons. The molecule has 0 atom stereocenters. The number of para-hydroxylation sites is 4. The Morgan fingerprint density at radius 3 is 2.21 bits per heavy atom. The van der Waals surface area contributed by atoms with Crippen LogP contribution in [0.5, 0.6) is 17.2 Å². The third-order valence-corrected chi connectivity index (χ3v) is 4.21. The summed E-state index contributed by atoms with van der Waals surface area (Å²) >= 11 is 0. The molecule has 0 saturated carbocycles. The van der Waals surface area contributed by atoms with Crippen molar-refractivity contribution >= 4 is 11.6 Å². The van der Waals surface area contributed by atoms with Crippen LogP contribution >= 0.6 is 0 Å². The Labute approximate surface area is 170 Å². The number of nitrogens with zero attached hydrogens (tertiary/aromatic N) is 1. The fraction of sp³-hybridized carbons (Fsp3) is 0.208. The van der Waals surface area contributed by atoms with Crippen LogP contribution in [0, 0.1) is 0 Å². The molecule has 4 nitrogen and oxygen atoms in total. The zero-order valence-electron chi connectivity index (χ0n) is 16.5. The summed E-state index contributed by atoms with van der Waals surface area (Å²) in [7, 11) is 0. The van der Waals surface area contributed by atoms with Crippen LogP contribution in [0.3, 0.4) is 0 Å². The quantitative estimate of drug-likeness (QED) is 0.488. The number of benzene rings is 3. The van der Waals surface area contributed by atoms with Crippen molar-refractivity contribution in [3.05, 3.63) is 84.4 Å².